The summed E-state index contributed by atoms with van der Waals surface area (Å²) in [6, 6.07) is 0. The lowest BCUT2D eigenvalue weighted by Crippen LogP contribution is -2.40. The number of aromatic nitrogens is 2. The molecular formula is C4F2N6O9. The molecule has 0 bridgehead atoms. The van der Waals surface area contributed by atoms with Gasteiger partial charge in [-0.2, -0.15) is 0 Å². The lowest BCUT2D eigenvalue weighted by molar-refractivity contribution is -0.853. The van der Waals surface area contributed by atoms with Crippen LogP contribution in [0.5, 0.6) is 0 Å². The van der Waals surface area contributed by atoms with Crippen LogP contribution in [0.25, 0.3) is 0 Å². The second-order valence-corrected chi connectivity index (χ2v) is 3.12. The van der Waals surface area contributed by atoms with Crippen LogP contribution in [-0.4, -0.2) is 29.9 Å². The fourth-order valence-electron chi connectivity index (χ4n) is 0.926. The minimum Gasteiger partial charge on any atom is -0.396 e. The molecule has 21 heavy (non-hydrogen) atoms. The molecule has 0 aliphatic rings. The van der Waals surface area contributed by atoms with Crippen molar-refractivity contribution in [1.82, 2.24) is 10.2 Å². The summed E-state index contributed by atoms with van der Waals surface area (Å²) in [7, 11) is 0. The van der Waals surface area contributed by atoms with Crippen LogP contribution in [0.2, 0.25) is 0 Å². The van der Waals surface area contributed by atoms with Gasteiger partial charge >= 0.3 is 23.6 Å². The Balaban J connectivity index is 3.47. The van der Waals surface area contributed by atoms with Gasteiger partial charge in [-0.15, -0.1) is 0 Å². The first-order valence-corrected chi connectivity index (χ1v) is 4.29. The highest BCUT2D eigenvalue weighted by atomic mass is 19.2. The molecule has 15 nitrogen and oxygen atoms in total. The quantitative estimate of drug-likeness (QED) is 0.278. The van der Waals surface area contributed by atoms with Gasteiger partial charge in [0.2, 0.25) is 0 Å². The van der Waals surface area contributed by atoms with E-state index in [0.717, 1.165) is 0 Å². The molecule has 0 aliphatic carbocycles. The van der Waals surface area contributed by atoms with Crippen LogP contribution < -0.4 is 0 Å². The van der Waals surface area contributed by atoms with Gasteiger partial charge in [0.1, 0.15) is 19.7 Å². The molecule has 114 valence electrons. The Morgan fingerprint density at radius 1 is 0.762 bits per heavy atom. The monoisotopic (exact) mass is 314 g/mol. The van der Waals surface area contributed by atoms with Gasteiger partial charge in [-0.3, -0.25) is 40.5 Å². The van der Waals surface area contributed by atoms with Gasteiger partial charge in [0.05, 0.1) is 0 Å². The van der Waals surface area contributed by atoms with E-state index < -0.39 is 43.3 Å². The predicted molar refractivity (Wildman–Crippen MR) is 47.8 cm³/mol. The molecule has 1 aromatic heterocycles. The molecular weight excluding hydrogens is 314 g/mol. The maximum Gasteiger partial charge on any atom is 0.696 e. The van der Waals surface area contributed by atoms with Crippen LogP contribution in [0.1, 0.15) is 11.8 Å². The number of nitrogens with zero attached hydrogens (tertiary/aromatic N) is 6. The molecule has 0 saturated carbocycles. The molecule has 1 aromatic rings. The third-order valence-electron chi connectivity index (χ3n) is 1.94. The fourth-order valence-corrected chi connectivity index (χ4v) is 0.926. The molecule has 0 radical (unpaired) electrons. The molecule has 0 spiro atoms. The van der Waals surface area contributed by atoms with E-state index in [9.17, 15) is 49.2 Å². The Morgan fingerprint density at radius 3 is 1.19 bits per heavy atom. The van der Waals surface area contributed by atoms with E-state index in [4.69, 9.17) is 0 Å². The Kier molecular flexibility index (Phi) is 3.44. The molecule has 17 heteroatoms. The van der Waals surface area contributed by atoms with Crippen molar-refractivity contribution in [1.29, 1.82) is 0 Å². The highest BCUT2D eigenvalue weighted by Gasteiger charge is 2.71. The lowest BCUT2D eigenvalue weighted by atomic mass is 10.4. The highest BCUT2D eigenvalue weighted by molar-refractivity contribution is 4.89. The lowest BCUT2D eigenvalue weighted by Gasteiger charge is -2.03. The Hall–Kier alpha value is -3.40. The van der Waals surface area contributed by atoms with E-state index in [-0.39, 0.29) is 0 Å². The summed E-state index contributed by atoms with van der Waals surface area (Å²) in [5, 5.41) is 45.8. The molecule has 0 atom stereocenters. The van der Waals surface area contributed by atoms with E-state index in [1.54, 1.807) is 0 Å². The van der Waals surface area contributed by atoms with E-state index in [2.05, 4.69) is 14.6 Å². The van der Waals surface area contributed by atoms with Crippen molar-refractivity contribution in [3.8, 4) is 0 Å². The smallest absolute Gasteiger partial charge is 0.396 e. The summed E-state index contributed by atoms with van der Waals surface area (Å²) < 4.78 is 30.8. The van der Waals surface area contributed by atoms with Crippen molar-refractivity contribution < 1.29 is 32.9 Å². The number of alkyl halides is 2. The third kappa shape index (κ3) is 2.04. The summed E-state index contributed by atoms with van der Waals surface area (Å²) in [5.74, 6) is -13.8. The Labute approximate surface area is 108 Å². The topological polar surface area (TPSA) is 211 Å². The molecule has 0 aromatic carbocycles. The maximum atomic E-state index is 13.5. The van der Waals surface area contributed by atoms with E-state index in [1.807, 2.05) is 0 Å². The summed E-state index contributed by atoms with van der Waals surface area (Å²) in [5.41, 5.74) is 0. The average molecular weight is 314 g/mol. The molecule has 0 aliphatic heterocycles. The van der Waals surface area contributed by atoms with E-state index >= 15 is 0 Å². The summed E-state index contributed by atoms with van der Waals surface area (Å²) in [4.78, 5) is 32.5. The number of hydrogen-bond donors (Lipinski definition) is 0. The van der Waals surface area contributed by atoms with Gasteiger partial charge in [0, 0.05) is 0 Å². The number of halogens is 2. The highest BCUT2D eigenvalue weighted by Crippen LogP contribution is 2.31. The third-order valence-corrected chi connectivity index (χ3v) is 1.94. The second kappa shape index (κ2) is 4.61. The first-order valence-electron chi connectivity index (χ1n) is 4.29. The predicted octanol–water partition coefficient (Wildman–Crippen LogP) is -0.664. The molecule has 0 amide bonds. The van der Waals surface area contributed by atoms with Crippen molar-refractivity contribution >= 4 is 0 Å². The van der Waals surface area contributed by atoms with Crippen molar-refractivity contribution in [2.24, 2.45) is 0 Å². The van der Waals surface area contributed by atoms with Crippen molar-refractivity contribution in [3.05, 3.63) is 52.2 Å². The van der Waals surface area contributed by atoms with Crippen LogP contribution in [-0.2, 0) is 11.8 Å². The first-order chi connectivity index (χ1) is 9.48. The number of hydrogen-bond acceptors (Lipinski definition) is 11. The minimum absolute atomic E-state index is 2.13. The normalized spacial score (nSPS) is 11.9. The maximum absolute atomic E-state index is 13.5. The average Bonchev–Trinajstić information content (AvgIpc) is 2.85. The van der Waals surface area contributed by atoms with Gasteiger partial charge < -0.3 is 4.42 Å². The SMILES string of the molecule is O=[N+]([O-])C(F)(c1nnc(C(F)([N+](=O)[O-])[N+](=O)[O-])o1)[N+](=O)[O-]. The van der Waals surface area contributed by atoms with E-state index in [0.29, 0.717) is 0 Å². The van der Waals surface area contributed by atoms with Crippen LogP contribution in [0, 0.1) is 40.5 Å². The fraction of sp³-hybridized carbons (Fsp3) is 0.500. The molecule has 0 N–H and O–H groups in total. The van der Waals surface area contributed by atoms with E-state index in [1.165, 1.54) is 0 Å². The van der Waals surface area contributed by atoms with Crippen LogP contribution in [0.15, 0.2) is 4.42 Å². The molecule has 0 saturated heterocycles. The first kappa shape index (κ1) is 15.7. The molecule has 0 unspecified atom stereocenters. The summed E-state index contributed by atoms with van der Waals surface area (Å²) >= 11 is 0. The van der Waals surface area contributed by atoms with Crippen molar-refractivity contribution in [2.45, 2.75) is 11.8 Å². The summed E-state index contributed by atoms with van der Waals surface area (Å²) in [6.45, 7) is 0. The van der Waals surface area contributed by atoms with Crippen molar-refractivity contribution in [2.75, 3.05) is 0 Å². The number of rotatable bonds is 6. The minimum atomic E-state index is -4.75. The zero-order chi connectivity index (χ0) is 16.6. The standard InChI is InChI=1S/C4F2N6O9/c5-3(9(13)14,10(15)16)1-7-8-2(21-1)4(6,11(17)18)12(19)20. The van der Waals surface area contributed by atoms with Gasteiger partial charge in [-0.25, -0.2) is 0 Å². The zero-order valence-corrected chi connectivity index (χ0v) is 9.11. The number of nitro groups is 4. The van der Waals surface area contributed by atoms with Gasteiger partial charge in [0.15, 0.2) is 0 Å². The Morgan fingerprint density at radius 2 is 1.00 bits per heavy atom. The largest absolute Gasteiger partial charge is 0.696 e. The van der Waals surface area contributed by atoms with Crippen LogP contribution in [0.4, 0.5) is 8.78 Å². The van der Waals surface area contributed by atoms with Crippen molar-refractivity contribution in [3.63, 3.8) is 0 Å². The molecule has 1 heterocycles. The Bertz CT molecular complexity index is 561. The van der Waals surface area contributed by atoms with Gasteiger partial charge in [-0.1, -0.05) is 19.0 Å². The summed E-state index contributed by atoms with van der Waals surface area (Å²) in [6.07, 6.45) is 0. The zero-order valence-electron chi connectivity index (χ0n) is 9.11. The molecule has 0 fully saturated rings. The molecule has 1 rings (SSSR count). The van der Waals surface area contributed by atoms with Crippen LogP contribution >= 0.6 is 0 Å². The van der Waals surface area contributed by atoms with Gasteiger partial charge in [0.25, 0.3) is 0 Å². The van der Waals surface area contributed by atoms with Gasteiger partial charge in [-0.05, 0) is 0 Å². The van der Waals surface area contributed by atoms with Crippen LogP contribution in [0.3, 0.4) is 0 Å². The second-order valence-electron chi connectivity index (χ2n) is 3.12.